The normalized spacial score (nSPS) is 11.7. The van der Waals surface area contributed by atoms with E-state index in [4.69, 9.17) is 25.8 Å². The van der Waals surface area contributed by atoms with Crippen molar-refractivity contribution >= 4 is 29.6 Å². The average molecular weight is 432 g/mol. The van der Waals surface area contributed by atoms with Gasteiger partial charge in [0.05, 0.1) is 38.3 Å². The van der Waals surface area contributed by atoms with Gasteiger partial charge in [0.1, 0.15) is 0 Å². The Hall–Kier alpha value is -2.99. The van der Waals surface area contributed by atoms with Gasteiger partial charge in [-0.2, -0.15) is 0 Å². The van der Waals surface area contributed by atoms with Crippen molar-refractivity contribution in [3.63, 3.8) is 0 Å². The maximum Gasteiger partial charge on any atom is 0.307 e. The number of hydrogen-bond acceptors (Lipinski definition) is 5. The summed E-state index contributed by atoms with van der Waals surface area (Å²) in [6.07, 6.45) is 3.87. The van der Waals surface area contributed by atoms with Gasteiger partial charge in [-0.3, -0.25) is 9.59 Å². The molecule has 1 N–H and O–H groups in total. The van der Waals surface area contributed by atoms with E-state index in [-0.39, 0.29) is 12.3 Å². The SMILES string of the molecule is CCCOc1c(Cl)cc(C=CC(=O)NC(CC(=O)OC)c2ccccc2)cc1OC. The second kappa shape index (κ2) is 11.9. The molecule has 2 aromatic carbocycles. The molecule has 0 aliphatic rings. The van der Waals surface area contributed by atoms with Crippen molar-refractivity contribution in [1.82, 2.24) is 5.32 Å². The summed E-state index contributed by atoms with van der Waals surface area (Å²) in [7, 11) is 2.85. The molecular formula is C23H26ClNO5. The van der Waals surface area contributed by atoms with E-state index in [0.29, 0.717) is 28.7 Å². The number of ether oxygens (including phenoxy) is 3. The first-order valence-corrected chi connectivity index (χ1v) is 9.97. The first-order valence-electron chi connectivity index (χ1n) is 9.59. The van der Waals surface area contributed by atoms with Gasteiger partial charge >= 0.3 is 5.97 Å². The maximum absolute atomic E-state index is 12.5. The molecule has 0 saturated heterocycles. The number of methoxy groups -OCH3 is 2. The average Bonchev–Trinajstić information content (AvgIpc) is 2.76. The molecule has 0 radical (unpaired) electrons. The fraction of sp³-hybridized carbons (Fsp3) is 0.304. The summed E-state index contributed by atoms with van der Waals surface area (Å²) in [6, 6.07) is 12.2. The number of nitrogens with one attached hydrogen (secondary N) is 1. The molecule has 2 aromatic rings. The van der Waals surface area contributed by atoms with E-state index in [1.165, 1.54) is 20.3 Å². The third kappa shape index (κ3) is 6.81. The first kappa shape index (κ1) is 23.3. The van der Waals surface area contributed by atoms with Crippen molar-refractivity contribution in [2.75, 3.05) is 20.8 Å². The molecule has 0 aromatic heterocycles. The van der Waals surface area contributed by atoms with Gasteiger partial charge in [-0.25, -0.2) is 0 Å². The third-order valence-corrected chi connectivity index (χ3v) is 4.53. The Bertz CT molecular complexity index is 883. The highest BCUT2D eigenvalue weighted by molar-refractivity contribution is 6.32. The number of carbonyl (C=O) groups is 2. The zero-order valence-corrected chi connectivity index (χ0v) is 18.1. The molecule has 2 rings (SSSR count). The molecule has 0 aliphatic heterocycles. The summed E-state index contributed by atoms with van der Waals surface area (Å²) in [4.78, 5) is 24.2. The minimum absolute atomic E-state index is 0.0310. The van der Waals surface area contributed by atoms with E-state index in [0.717, 1.165) is 12.0 Å². The van der Waals surface area contributed by atoms with Crippen LogP contribution in [-0.2, 0) is 14.3 Å². The highest BCUT2D eigenvalue weighted by Crippen LogP contribution is 2.36. The number of amides is 1. The number of esters is 1. The van der Waals surface area contributed by atoms with Crippen LogP contribution in [0.2, 0.25) is 5.02 Å². The number of halogens is 1. The van der Waals surface area contributed by atoms with Crippen LogP contribution in [0.15, 0.2) is 48.5 Å². The standard InChI is InChI=1S/C23H26ClNO5/c1-4-12-30-23-18(24)13-16(14-20(23)28-2)10-11-21(26)25-19(15-22(27)29-3)17-8-6-5-7-9-17/h5-11,13-14,19H,4,12,15H2,1-3H3,(H,25,26). The number of carbonyl (C=O) groups excluding carboxylic acids is 2. The Labute approximate surface area is 181 Å². The van der Waals surface area contributed by atoms with E-state index < -0.39 is 12.0 Å². The molecule has 1 unspecified atom stereocenters. The molecule has 1 atom stereocenters. The topological polar surface area (TPSA) is 73.9 Å². The van der Waals surface area contributed by atoms with Crippen molar-refractivity contribution in [3.05, 3.63) is 64.7 Å². The minimum Gasteiger partial charge on any atom is -0.493 e. The van der Waals surface area contributed by atoms with Crippen LogP contribution in [0.3, 0.4) is 0 Å². The molecule has 0 spiro atoms. The summed E-state index contributed by atoms with van der Waals surface area (Å²) >= 11 is 6.31. The van der Waals surface area contributed by atoms with Crippen LogP contribution in [0, 0.1) is 0 Å². The van der Waals surface area contributed by atoms with Crippen molar-refractivity contribution in [2.45, 2.75) is 25.8 Å². The van der Waals surface area contributed by atoms with Crippen LogP contribution in [0.1, 0.15) is 36.9 Å². The zero-order chi connectivity index (χ0) is 21.9. The predicted octanol–water partition coefficient (Wildman–Crippen LogP) is 4.57. The molecule has 1 amide bonds. The Kier molecular flexibility index (Phi) is 9.22. The molecule has 0 heterocycles. The fourth-order valence-corrected chi connectivity index (χ4v) is 3.03. The fourth-order valence-electron chi connectivity index (χ4n) is 2.76. The molecule has 7 heteroatoms. The third-order valence-electron chi connectivity index (χ3n) is 4.25. The van der Waals surface area contributed by atoms with Gasteiger partial charge in [0, 0.05) is 6.08 Å². The largest absolute Gasteiger partial charge is 0.493 e. The predicted molar refractivity (Wildman–Crippen MR) is 117 cm³/mol. The molecule has 6 nitrogen and oxygen atoms in total. The van der Waals surface area contributed by atoms with E-state index >= 15 is 0 Å². The molecule has 0 aliphatic carbocycles. The molecule has 0 saturated carbocycles. The molecular weight excluding hydrogens is 406 g/mol. The van der Waals surface area contributed by atoms with Gasteiger partial charge in [-0.05, 0) is 35.8 Å². The number of benzene rings is 2. The summed E-state index contributed by atoms with van der Waals surface area (Å²) in [5.74, 6) is 0.204. The highest BCUT2D eigenvalue weighted by Gasteiger charge is 2.18. The smallest absolute Gasteiger partial charge is 0.307 e. The first-order chi connectivity index (χ1) is 14.5. The van der Waals surface area contributed by atoms with Gasteiger partial charge in [0.25, 0.3) is 0 Å². The van der Waals surface area contributed by atoms with Crippen LogP contribution in [0.25, 0.3) is 6.08 Å². The molecule has 0 fully saturated rings. The van der Waals surface area contributed by atoms with Crippen LogP contribution in [0.4, 0.5) is 0 Å². The second-order valence-corrected chi connectivity index (χ2v) is 6.88. The molecule has 160 valence electrons. The maximum atomic E-state index is 12.5. The van der Waals surface area contributed by atoms with Crippen molar-refractivity contribution < 1.29 is 23.8 Å². The summed E-state index contributed by atoms with van der Waals surface area (Å²) in [5, 5.41) is 3.23. The zero-order valence-electron chi connectivity index (χ0n) is 17.3. The quantitative estimate of drug-likeness (QED) is 0.440. The van der Waals surface area contributed by atoms with Crippen molar-refractivity contribution in [3.8, 4) is 11.5 Å². The lowest BCUT2D eigenvalue weighted by atomic mass is 10.0. The van der Waals surface area contributed by atoms with Gasteiger partial charge in [-0.1, -0.05) is 48.9 Å². The van der Waals surface area contributed by atoms with Crippen LogP contribution < -0.4 is 14.8 Å². The van der Waals surface area contributed by atoms with Gasteiger partial charge in [0.2, 0.25) is 5.91 Å². The summed E-state index contributed by atoms with van der Waals surface area (Å²) in [6.45, 7) is 2.52. The summed E-state index contributed by atoms with van der Waals surface area (Å²) < 4.78 is 15.7. The minimum atomic E-state index is -0.501. The number of rotatable bonds is 10. The second-order valence-electron chi connectivity index (χ2n) is 6.47. The Morgan fingerprint density at radius 2 is 1.90 bits per heavy atom. The number of hydrogen-bond donors (Lipinski definition) is 1. The van der Waals surface area contributed by atoms with Crippen molar-refractivity contribution in [2.24, 2.45) is 0 Å². The lowest BCUT2D eigenvalue weighted by molar-refractivity contribution is -0.141. The van der Waals surface area contributed by atoms with Crippen LogP contribution >= 0.6 is 11.6 Å². The highest BCUT2D eigenvalue weighted by atomic mass is 35.5. The van der Waals surface area contributed by atoms with Gasteiger partial charge in [-0.15, -0.1) is 0 Å². The summed E-state index contributed by atoms with van der Waals surface area (Å²) in [5.41, 5.74) is 1.49. The lowest BCUT2D eigenvalue weighted by Crippen LogP contribution is -2.29. The molecule has 30 heavy (non-hydrogen) atoms. The Balaban J connectivity index is 2.15. The van der Waals surface area contributed by atoms with E-state index in [1.807, 2.05) is 37.3 Å². The Morgan fingerprint density at radius 1 is 1.17 bits per heavy atom. The van der Waals surface area contributed by atoms with E-state index in [1.54, 1.807) is 18.2 Å². The van der Waals surface area contributed by atoms with Crippen LogP contribution in [-0.4, -0.2) is 32.7 Å². The van der Waals surface area contributed by atoms with Gasteiger partial charge in [0.15, 0.2) is 11.5 Å². The Morgan fingerprint density at radius 3 is 2.53 bits per heavy atom. The van der Waals surface area contributed by atoms with E-state index in [9.17, 15) is 9.59 Å². The monoisotopic (exact) mass is 431 g/mol. The van der Waals surface area contributed by atoms with E-state index in [2.05, 4.69) is 5.32 Å². The lowest BCUT2D eigenvalue weighted by Gasteiger charge is -2.17. The van der Waals surface area contributed by atoms with Crippen LogP contribution in [0.5, 0.6) is 11.5 Å². The van der Waals surface area contributed by atoms with Gasteiger partial charge < -0.3 is 19.5 Å². The molecule has 0 bridgehead atoms. The van der Waals surface area contributed by atoms with Crippen molar-refractivity contribution in [1.29, 1.82) is 0 Å².